The first-order chi connectivity index (χ1) is 15.8. The molecule has 0 bridgehead atoms. The average molecular weight is 444 g/mol. The molecule has 0 aliphatic heterocycles. The fraction of sp³-hybridized carbons (Fsp3) is 0.174. The van der Waals surface area contributed by atoms with Crippen LogP contribution in [0.4, 0.5) is 22.7 Å². The highest BCUT2D eigenvalue weighted by molar-refractivity contribution is 6.27. The van der Waals surface area contributed by atoms with Gasteiger partial charge < -0.3 is 0 Å². The highest BCUT2D eigenvalue weighted by Gasteiger charge is 2.36. The van der Waals surface area contributed by atoms with E-state index in [2.05, 4.69) is 0 Å². The third-order valence-electron chi connectivity index (χ3n) is 6.11. The Morgan fingerprint density at radius 2 is 1.45 bits per heavy atom. The summed E-state index contributed by atoms with van der Waals surface area (Å²) in [7, 11) is 0. The molecule has 33 heavy (non-hydrogen) atoms. The molecule has 0 saturated heterocycles. The van der Waals surface area contributed by atoms with E-state index < -0.39 is 26.1 Å². The molecule has 3 aromatic carbocycles. The second kappa shape index (κ2) is 7.59. The second-order valence-corrected chi connectivity index (χ2v) is 7.97. The van der Waals surface area contributed by atoms with Gasteiger partial charge in [0.25, 0.3) is 17.1 Å². The van der Waals surface area contributed by atoms with Gasteiger partial charge in [-0.2, -0.15) is 0 Å². The first-order valence-corrected chi connectivity index (χ1v) is 10.3. The molecular weight excluding hydrogens is 428 g/mol. The fourth-order valence-corrected chi connectivity index (χ4v) is 4.64. The third kappa shape index (κ3) is 3.32. The maximum absolute atomic E-state index is 11.8. The minimum absolute atomic E-state index is 0.180. The Bertz CT molecular complexity index is 1410. The minimum Gasteiger partial charge on any atom is -0.258 e. The van der Waals surface area contributed by atoms with Crippen LogP contribution in [0.5, 0.6) is 0 Å². The molecule has 2 aliphatic carbocycles. The van der Waals surface area contributed by atoms with Crippen LogP contribution in [-0.4, -0.2) is 20.5 Å². The van der Waals surface area contributed by atoms with Crippen molar-refractivity contribution >= 4 is 28.5 Å². The Balaban J connectivity index is 1.84. The van der Waals surface area contributed by atoms with Crippen molar-refractivity contribution in [2.45, 2.75) is 25.7 Å². The number of nitro groups is 3. The summed E-state index contributed by atoms with van der Waals surface area (Å²) in [6.45, 7) is 0. The molecule has 0 amide bonds. The largest absolute Gasteiger partial charge is 0.284 e. The van der Waals surface area contributed by atoms with E-state index in [9.17, 15) is 30.3 Å². The zero-order valence-corrected chi connectivity index (χ0v) is 17.2. The van der Waals surface area contributed by atoms with Gasteiger partial charge in [-0.1, -0.05) is 12.1 Å². The molecule has 5 rings (SSSR count). The Morgan fingerprint density at radius 3 is 2.18 bits per heavy atom. The number of aliphatic imine (C=N–C) groups is 1. The van der Waals surface area contributed by atoms with Gasteiger partial charge in [0.2, 0.25) is 0 Å². The molecule has 0 atom stereocenters. The number of fused-ring (bicyclic) bond motifs is 4. The van der Waals surface area contributed by atoms with Crippen LogP contribution in [0.1, 0.15) is 35.1 Å². The summed E-state index contributed by atoms with van der Waals surface area (Å²) in [5.41, 5.74) is 3.23. The van der Waals surface area contributed by atoms with Crippen molar-refractivity contribution in [3.8, 4) is 11.1 Å². The third-order valence-corrected chi connectivity index (χ3v) is 6.11. The lowest BCUT2D eigenvalue weighted by Gasteiger charge is -2.17. The molecule has 0 fully saturated rings. The Hall–Kier alpha value is -4.47. The van der Waals surface area contributed by atoms with Crippen molar-refractivity contribution in [3.05, 3.63) is 101 Å². The van der Waals surface area contributed by atoms with Gasteiger partial charge in [0, 0.05) is 29.3 Å². The molecule has 10 heteroatoms. The van der Waals surface area contributed by atoms with E-state index in [1.165, 1.54) is 29.8 Å². The van der Waals surface area contributed by atoms with Gasteiger partial charge in [0.05, 0.1) is 37.8 Å². The van der Waals surface area contributed by atoms with Crippen molar-refractivity contribution in [2.75, 3.05) is 0 Å². The van der Waals surface area contributed by atoms with Crippen LogP contribution in [-0.2, 0) is 12.8 Å². The lowest BCUT2D eigenvalue weighted by Crippen LogP contribution is -2.05. The number of nitrogens with zero attached hydrogens (tertiary/aromatic N) is 4. The average Bonchev–Trinajstić information content (AvgIpc) is 3.11. The molecule has 0 radical (unpaired) electrons. The smallest absolute Gasteiger partial charge is 0.258 e. The highest BCUT2D eigenvalue weighted by Crippen LogP contribution is 2.46. The molecule has 2 aliphatic rings. The van der Waals surface area contributed by atoms with Gasteiger partial charge in [0.15, 0.2) is 0 Å². The summed E-state index contributed by atoms with van der Waals surface area (Å²) in [5.74, 6) is 0. The van der Waals surface area contributed by atoms with Crippen molar-refractivity contribution in [3.63, 3.8) is 0 Å². The lowest BCUT2D eigenvalue weighted by molar-refractivity contribution is -0.393. The number of non-ortho nitro benzene ring substituents is 2. The van der Waals surface area contributed by atoms with Crippen molar-refractivity contribution in [2.24, 2.45) is 4.99 Å². The monoisotopic (exact) mass is 444 g/mol. The van der Waals surface area contributed by atoms with Crippen LogP contribution in [0, 0.1) is 30.3 Å². The minimum atomic E-state index is -0.694. The van der Waals surface area contributed by atoms with Gasteiger partial charge in [-0.3, -0.25) is 30.3 Å². The summed E-state index contributed by atoms with van der Waals surface area (Å²) in [5, 5.41) is 34.7. The first kappa shape index (κ1) is 20.4. The lowest BCUT2D eigenvalue weighted by atomic mass is 9.90. The number of hydrogen-bond acceptors (Lipinski definition) is 7. The van der Waals surface area contributed by atoms with Gasteiger partial charge >= 0.3 is 0 Å². The molecule has 3 aromatic rings. The standard InChI is InChI=1S/C23H16N4O6/c28-25(29)14-8-9-17-18(10-14)23(24-20-7-3-5-13-4-1-2-6-16(13)20)19-11-15(26(30)31)12-21(22(17)19)27(32)33/h3,5,7-12H,1-2,4,6H2. The van der Waals surface area contributed by atoms with Crippen molar-refractivity contribution in [1.29, 1.82) is 0 Å². The van der Waals surface area contributed by atoms with Crippen LogP contribution in [0.25, 0.3) is 11.1 Å². The Kier molecular flexibility index (Phi) is 4.70. The first-order valence-electron chi connectivity index (χ1n) is 10.3. The van der Waals surface area contributed by atoms with Crippen molar-refractivity contribution < 1.29 is 14.8 Å². The summed E-state index contributed by atoms with van der Waals surface area (Å²) >= 11 is 0. The van der Waals surface area contributed by atoms with Crippen LogP contribution < -0.4 is 0 Å². The molecule has 0 saturated carbocycles. The molecule has 164 valence electrons. The molecular formula is C23H16N4O6. The highest BCUT2D eigenvalue weighted by atomic mass is 16.6. The van der Waals surface area contributed by atoms with Crippen molar-refractivity contribution in [1.82, 2.24) is 0 Å². The summed E-state index contributed by atoms with van der Waals surface area (Å²) in [6.07, 6.45) is 3.82. The van der Waals surface area contributed by atoms with E-state index in [1.807, 2.05) is 18.2 Å². The summed E-state index contributed by atoms with van der Waals surface area (Å²) in [4.78, 5) is 37.6. The van der Waals surface area contributed by atoms with E-state index >= 15 is 0 Å². The van der Waals surface area contributed by atoms with Crippen LogP contribution in [0.15, 0.2) is 53.5 Å². The Labute approximate surface area is 186 Å². The molecule has 0 aromatic heterocycles. The zero-order valence-electron chi connectivity index (χ0n) is 17.2. The molecule has 0 N–H and O–H groups in total. The van der Waals surface area contributed by atoms with E-state index in [-0.39, 0.29) is 22.5 Å². The molecule has 0 unspecified atom stereocenters. The van der Waals surface area contributed by atoms with Gasteiger partial charge in [-0.25, -0.2) is 4.99 Å². The second-order valence-electron chi connectivity index (χ2n) is 7.97. The van der Waals surface area contributed by atoms with Gasteiger partial charge in [0.1, 0.15) is 0 Å². The predicted octanol–water partition coefficient (Wildman–Crippen LogP) is 5.44. The van der Waals surface area contributed by atoms with Gasteiger partial charge in [-0.05, 0) is 54.5 Å². The van der Waals surface area contributed by atoms with Gasteiger partial charge in [-0.15, -0.1) is 0 Å². The topological polar surface area (TPSA) is 142 Å². The predicted molar refractivity (Wildman–Crippen MR) is 120 cm³/mol. The van der Waals surface area contributed by atoms with E-state index in [0.29, 0.717) is 16.8 Å². The number of aryl methyl sites for hydroxylation is 1. The van der Waals surface area contributed by atoms with E-state index in [1.54, 1.807) is 0 Å². The number of benzene rings is 3. The number of nitro benzene ring substituents is 3. The Morgan fingerprint density at radius 1 is 0.727 bits per heavy atom. The number of rotatable bonds is 4. The SMILES string of the molecule is O=[N+]([O-])c1ccc2c(c1)C(=Nc1cccc3c1CCCC3)c1cc([N+](=O)[O-])cc([N+](=O)[O-])c1-2. The van der Waals surface area contributed by atoms with E-state index in [0.717, 1.165) is 37.3 Å². The normalized spacial score (nSPS) is 15.0. The maximum Gasteiger partial charge on any atom is 0.284 e. The van der Waals surface area contributed by atoms with Crippen LogP contribution in [0.2, 0.25) is 0 Å². The summed E-state index contributed by atoms with van der Waals surface area (Å²) < 4.78 is 0. The van der Waals surface area contributed by atoms with E-state index in [4.69, 9.17) is 4.99 Å². The molecule has 0 spiro atoms. The fourth-order valence-electron chi connectivity index (χ4n) is 4.64. The zero-order chi connectivity index (χ0) is 23.3. The molecule has 0 heterocycles. The van der Waals surface area contributed by atoms with Crippen LogP contribution in [0.3, 0.4) is 0 Å². The quantitative estimate of drug-likeness (QED) is 0.303. The van der Waals surface area contributed by atoms with Crippen LogP contribution >= 0.6 is 0 Å². The maximum atomic E-state index is 11.8. The number of hydrogen-bond donors (Lipinski definition) is 0. The summed E-state index contributed by atoms with van der Waals surface area (Å²) in [6, 6.07) is 11.9. The molecule has 10 nitrogen and oxygen atoms in total.